The van der Waals surface area contributed by atoms with Crippen molar-refractivity contribution >= 4 is 11.9 Å². The molecule has 18 heavy (non-hydrogen) atoms. The van der Waals surface area contributed by atoms with Crippen LogP contribution in [0.15, 0.2) is 0 Å². The van der Waals surface area contributed by atoms with E-state index in [1.165, 1.54) is 0 Å². The number of hydrogen-bond acceptors (Lipinski definition) is 2. The molecule has 0 aromatic rings. The van der Waals surface area contributed by atoms with Crippen LogP contribution in [0.4, 0.5) is 0 Å². The average molecular weight is 266 g/mol. The number of rotatable bonds is 11. The van der Waals surface area contributed by atoms with Crippen LogP contribution in [0.5, 0.6) is 0 Å². The van der Waals surface area contributed by atoms with Crippen molar-refractivity contribution in [3.63, 3.8) is 0 Å². The summed E-state index contributed by atoms with van der Waals surface area (Å²) in [5, 5.41) is 16.8. The standard InChI is InChI=1S/C12H22O4.2H3N/c13-11(14)9-7-5-3-1-2-4-6-8-10-12(15)16;;/h1-10H2,(H,13,14)(H,15,16);2*1H3/p+2. The van der Waals surface area contributed by atoms with Gasteiger partial charge in [-0.3, -0.25) is 9.59 Å². The lowest BCUT2D eigenvalue weighted by Crippen LogP contribution is -1.94. The van der Waals surface area contributed by atoms with Gasteiger partial charge in [0.1, 0.15) is 0 Å². The smallest absolute Gasteiger partial charge is 0.303 e. The molecule has 0 aromatic carbocycles. The third kappa shape index (κ3) is 20.3. The first-order valence-corrected chi connectivity index (χ1v) is 6.06. The molecule has 0 radical (unpaired) electrons. The van der Waals surface area contributed by atoms with Gasteiger partial charge in [0.2, 0.25) is 0 Å². The van der Waals surface area contributed by atoms with E-state index in [-0.39, 0.29) is 25.1 Å². The maximum absolute atomic E-state index is 10.2. The monoisotopic (exact) mass is 266 g/mol. The van der Waals surface area contributed by atoms with Gasteiger partial charge in [0.25, 0.3) is 0 Å². The maximum Gasteiger partial charge on any atom is 0.303 e. The molecule has 0 aliphatic carbocycles. The first-order chi connectivity index (χ1) is 7.63. The van der Waals surface area contributed by atoms with Crippen LogP contribution >= 0.6 is 0 Å². The van der Waals surface area contributed by atoms with Gasteiger partial charge < -0.3 is 22.5 Å². The molecule has 110 valence electrons. The Kier molecular flexibility index (Phi) is 19.5. The van der Waals surface area contributed by atoms with Gasteiger partial charge in [0.05, 0.1) is 0 Å². The van der Waals surface area contributed by atoms with E-state index in [2.05, 4.69) is 0 Å². The summed E-state index contributed by atoms with van der Waals surface area (Å²) in [5.41, 5.74) is 0. The van der Waals surface area contributed by atoms with Gasteiger partial charge in [-0.15, -0.1) is 0 Å². The Hall–Kier alpha value is -1.14. The molecule has 0 bridgehead atoms. The first kappa shape index (κ1) is 22.1. The van der Waals surface area contributed by atoms with Crippen LogP contribution < -0.4 is 12.3 Å². The van der Waals surface area contributed by atoms with Crippen molar-refractivity contribution in [2.24, 2.45) is 0 Å². The van der Waals surface area contributed by atoms with Crippen LogP contribution in [0.1, 0.15) is 64.2 Å². The highest BCUT2D eigenvalue weighted by Gasteiger charge is 1.98. The molecule has 0 fully saturated rings. The summed E-state index contributed by atoms with van der Waals surface area (Å²) in [7, 11) is 0. The quantitative estimate of drug-likeness (QED) is 0.421. The van der Waals surface area contributed by atoms with E-state index >= 15 is 0 Å². The zero-order chi connectivity index (χ0) is 12.2. The van der Waals surface area contributed by atoms with E-state index in [1.54, 1.807) is 0 Å². The molecule has 0 aliphatic rings. The molecule has 0 unspecified atom stereocenters. The van der Waals surface area contributed by atoms with E-state index in [0.717, 1.165) is 51.4 Å². The summed E-state index contributed by atoms with van der Waals surface area (Å²) in [6.45, 7) is 0. The fourth-order valence-corrected chi connectivity index (χ4v) is 1.61. The maximum atomic E-state index is 10.2. The van der Waals surface area contributed by atoms with E-state index in [4.69, 9.17) is 10.2 Å². The Labute approximate surface area is 109 Å². The molecule has 0 saturated carbocycles. The molecular weight excluding hydrogens is 236 g/mol. The van der Waals surface area contributed by atoms with E-state index in [9.17, 15) is 9.59 Å². The highest BCUT2D eigenvalue weighted by atomic mass is 16.4. The van der Waals surface area contributed by atoms with Crippen molar-refractivity contribution in [1.82, 2.24) is 12.3 Å². The molecule has 10 N–H and O–H groups in total. The Morgan fingerprint density at radius 1 is 0.556 bits per heavy atom. The zero-order valence-corrected chi connectivity index (χ0v) is 11.8. The van der Waals surface area contributed by atoms with Gasteiger partial charge in [-0.1, -0.05) is 38.5 Å². The second-order valence-electron chi connectivity index (χ2n) is 4.12. The third-order valence-electron chi connectivity index (χ3n) is 2.53. The molecule has 0 saturated heterocycles. The number of carboxylic acid groups (broad SMARTS) is 2. The number of unbranched alkanes of at least 4 members (excludes halogenated alkanes) is 7. The van der Waals surface area contributed by atoms with Crippen molar-refractivity contribution < 1.29 is 19.8 Å². The predicted octanol–water partition coefficient (Wildman–Crippen LogP) is 3.81. The van der Waals surface area contributed by atoms with E-state index in [1.807, 2.05) is 0 Å². The number of quaternary nitrogens is 2. The molecule has 0 heterocycles. The Bertz CT molecular complexity index is 188. The van der Waals surface area contributed by atoms with E-state index < -0.39 is 11.9 Å². The van der Waals surface area contributed by atoms with Crippen molar-refractivity contribution in [1.29, 1.82) is 0 Å². The molecule has 0 aromatic heterocycles. The second kappa shape index (κ2) is 15.9. The van der Waals surface area contributed by atoms with Gasteiger partial charge in [-0.05, 0) is 12.8 Å². The first-order valence-electron chi connectivity index (χ1n) is 6.06. The normalized spacial score (nSPS) is 9.11. The summed E-state index contributed by atoms with van der Waals surface area (Å²) in [4.78, 5) is 20.4. The van der Waals surface area contributed by atoms with Crippen LogP contribution in [0.25, 0.3) is 0 Å². The van der Waals surface area contributed by atoms with Crippen LogP contribution in [0.3, 0.4) is 0 Å². The SMILES string of the molecule is O=C(O)CCCCCCCCCCC(=O)O.[NH4+].[NH4+]. The van der Waals surface area contributed by atoms with Crippen LogP contribution in [0, 0.1) is 0 Å². The van der Waals surface area contributed by atoms with Crippen molar-refractivity contribution in [2.75, 3.05) is 0 Å². The third-order valence-corrected chi connectivity index (χ3v) is 2.53. The van der Waals surface area contributed by atoms with Crippen molar-refractivity contribution in [3.05, 3.63) is 0 Å². The predicted molar refractivity (Wildman–Crippen MR) is 73.4 cm³/mol. The zero-order valence-electron chi connectivity index (χ0n) is 11.8. The molecule has 0 atom stereocenters. The summed E-state index contributed by atoms with van der Waals surface area (Å²) in [6, 6.07) is 0. The highest BCUT2D eigenvalue weighted by molar-refractivity contribution is 5.66. The molecule has 6 nitrogen and oxygen atoms in total. The fourth-order valence-electron chi connectivity index (χ4n) is 1.61. The molecule has 0 amide bonds. The van der Waals surface area contributed by atoms with Crippen LogP contribution in [0.2, 0.25) is 0 Å². The minimum absolute atomic E-state index is 0. The van der Waals surface area contributed by atoms with Crippen LogP contribution in [-0.4, -0.2) is 22.2 Å². The lowest BCUT2D eigenvalue weighted by molar-refractivity contribution is -0.138. The van der Waals surface area contributed by atoms with Crippen LogP contribution in [-0.2, 0) is 9.59 Å². The molecule has 6 heteroatoms. The summed E-state index contributed by atoms with van der Waals surface area (Å²) in [6.07, 6.45) is 8.51. The summed E-state index contributed by atoms with van der Waals surface area (Å²) < 4.78 is 0. The number of carbonyl (C=O) groups is 2. The van der Waals surface area contributed by atoms with Gasteiger partial charge >= 0.3 is 11.9 Å². The Balaban J connectivity index is -0.00000112. The number of hydrogen-bond donors (Lipinski definition) is 4. The Morgan fingerprint density at radius 2 is 0.778 bits per heavy atom. The fraction of sp³-hybridized carbons (Fsp3) is 0.833. The Morgan fingerprint density at radius 3 is 1.00 bits per heavy atom. The molecular formula is C12H30N2O4+2. The summed E-state index contributed by atoms with van der Waals surface area (Å²) in [5.74, 6) is -1.43. The van der Waals surface area contributed by atoms with Gasteiger partial charge in [0.15, 0.2) is 0 Å². The molecule has 0 aliphatic heterocycles. The van der Waals surface area contributed by atoms with Gasteiger partial charge in [-0.2, -0.15) is 0 Å². The number of aliphatic carboxylic acids is 2. The minimum atomic E-state index is -0.714. The highest BCUT2D eigenvalue weighted by Crippen LogP contribution is 2.10. The number of carboxylic acids is 2. The average Bonchev–Trinajstić information content (AvgIpc) is 2.20. The lowest BCUT2D eigenvalue weighted by Gasteiger charge is -2.00. The minimum Gasteiger partial charge on any atom is -0.481 e. The van der Waals surface area contributed by atoms with Gasteiger partial charge in [-0.25, -0.2) is 0 Å². The largest absolute Gasteiger partial charge is 0.481 e. The molecule has 0 rings (SSSR count). The lowest BCUT2D eigenvalue weighted by atomic mass is 10.1. The summed E-state index contributed by atoms with van der Waals surface area (Å²) >= 11 is 0. The van der Waals surface area contributed by atoms with E-state index in [0.29, 0.717) is 0 Å². The molecule has 0 spiro atoms. The van der Waals surface area contributed by atoms with Crippen molar-refractivity contribution in [2.45, 2.75) is 64.2 Å². The topological polar surface area (TPSA) is 148 Å². The van der Waals surface area contributed by atoms with Gasteiger partial charge in [0, 0.05) is 12.8 Å². The van der Waals surface area contributed by atoms with Crippen molar-refractivity contribution in [3.8, 4) is 0 Å². The second-order valence-corrected chi connectivity index (χ2v) is 4.12.